The number of halogens is 3. The van der Waals surface area contributed by atoms with Gasteiger partial charge in [0.15, 0.2) is 0 Å². The molecule has 1 saturated carbocycles. The van der Waals surface area contributed by atoms with E-state index in [4.69, 9.17) is 34.8 Å². The Balaban J connectivity index is 2.12. The lowest BCUT2D eigenvalue weighted by Crippen LogP contribution is -2.34. The molecule has 1 aromatic carbocycles. The van der Waals surface area contributed by atoms with E-state index in [0.717, 1.165) is 11.5 Å². The first-order valence-electron chi connectivity index (χ1n) is 6.81. The molecule has 1 aliphatic rings. The fourth-order valence-corrected chi connectivity index (χ4v) is 3.59. The minimum absolute atomic E-state index is 0.181. The van der Waals surface area contributed by atoms with Gasteiger partial charge in [-0.1, -0.05) is 54.7 Å². The van der Waals surface area contributed by atoms with Crippen LogP contribution in [0.3, 0.4) is 0 Å². The van der Waals surface area contributed by atoms with Crippen molar-refractivity contribution in [3.63, 3.8) is 0 Å². The third-order valence-electron chi connectivity index (χ3n) is 4.46. The van der Waals surface area contributed by atoms with Crippen molar-refractivity contribution in [3.8, 4) is 0 Å². The Kier molecular flexibility index (Phi) is 5.05. The van der Waals surface area contributed by atoms with Crippen LogP contribution in [0.15, 0.2) is 12.1 Å². The van der Waals surface area contributed by atoms with Gasteiger partial charge in [-0.3, -0.25) is 0 Å². The molecule has 0 aromatic heterocycles. The topological polar surface area (TPSA) is 12.0 Å². The van der Waals surface area contributed by atoms with Crippen LogP contribution in [0.1, 0.15) is 45.2 Å². The van der Waals surface area contributed by atoms with Crippen LogP contribution in [0, 0.1) is 11.8 Å². The minimum atomic E-state index is 0.181. The summed E-state index contributed by atoms with van der Waals surface area (Å²) in [6, 6.07) is 4.50. The molecule has 0 amide bonds. The summed E-state index contributed by atoms with van der Waals surface area (Å²) < 4.78 is 0. The summed E-state index contributed by atoms with van der Waals surface area (Å²) in [5.74, 6) is 1.48. The summed E-state index contributed by atoms with van der Waals surface area (Å²) in [6.45, 7) is 6.77. The predicted octanol–water partition coefficient (Wildman–Crippen LogP) is 5.73. The monoisotopic (exact) mass is 319 g/mol. The van der Waals surface area contributed by atoms with Gasteiger partial charge in [-0.05, 0) is 43.2 Å². The summed E-state index contributed by atoms with van der Waals surface area (Å²) in [4.78, 5) is 0. The Morgan fingerprint density at radius 1 is 1.11 bits per heavy atom. The van der Waals surface area contributed by atoms with Gasteiger partial charge in [-0.15, -0.1) is 0 Å². The molecule has 0 bridgehead atoms. The van der Waals surface area contributed by atoms with Gasteiger partial charge in [-0.25, -0.2) is 0 Å². The van der Waals surface area contributed by atoms with Crippen LogP contribution in [0.5, 0.6) is 0 Å². The fourth-order valence-electron chi connectivity index (χ4n) is 2.89. The second-order valence-corrected chi connectivity index (χ2v) is 6.84. The van der Waals surface area contributed by atoms with Crippen molar-refractivity contribution in [2.45, 2.75) is 45.7 Å². The molecule has 19 heavy (non-hydrogen) atoms. The lowest BCUT2D eigenvalue weighted by molar-refractivity contribution is 0.347. The van der Waals surface area contributed by atoms with E-state index in [2.05, 4.69) is 26.1 Å². The average molecular weight is 321 g/mol. The molecule has 1 nitrogen and oxygen atoms in total. The fraction of sp³-hybridized carbons (Fsp3) is 0.600. The molecule has 1 aliphatic carbocycles. The molecule has 0 radical (unpaired) electrons. The van der Waals surface area contributed by atoms with Crippen LogP contribution in [-0.2, 0) is 0 Å². The first-order valence-corrected chi connectivity index (χ1v) is 7.94. The molecule has 2 rings (SSSR count). The summed E-state index contributed by atoms with van der Waals surface area (Å²) in [7, 11) is 0. The van der Waals surface area contributed by atoms with E-state index < -0.39 is 0 Å². The zero-order valence-electron chi connectivity index (χ0n) is 11.5. The third kappa shape index (κ3) is 3.21. The molecule has 1 aromatic rings. The summed E-state index contributed by atoms with van der Waals surface area (Å²) in [6.07, 6.45) is 2.52. The number of rotatable bonds is 3. The minimum Gasteiger partial charge on any atom is -0.307 e. The molecule has 1 fully saturated rings. The maximum absolute atomic E-state index is 6.29. The van der Waals surface area contributed by atoms with Crippen LogP contribution < -0.4 is 5.32 Å². The van der Waals surface area contributed by atoms with Crippen LogP contribution in [0.25, 0.3) is 0 Å². The van der Waals surface area contributed by atoms with Crippen LogP contribution in [-0.4, -0.2) is 6.04 Å². The van der Waals surface area contributed by atoms with E-state index in [9.17, 15) is 0 Å². The van der Waals surface area contributed by atoms with Crippen LogP contribution >= 0.6 is 34.8 Å². The molecule has 0 heterocycles. The van der Waals surface area contributed by atoms with Crippen molar-refractivity contribution in [2.24, 2.45) is 11.8 Å². The standard InChI is InChI=1S/C15H20Cl3N/c1-8-4-7-13(9(8)2)19-10(3)11-5-6-12(16)15(18)14(11)17/h5-6,8-10,13,19H,4,7H2,1-3H3. The normalized spacial score (nSPS) is 28.6. The smallest absolute Gasteiger partial charge is 0.0781 e. The summed E-state index contributed by atoms with van der Waals surface area (Å²) >= 11 is 18.4. The maximum atomic E-state index is 6.29. The maximum Gasteiger partial charge on any atom is 0.0781 e. The highest BCUT2D eigenvalue weighted by Gasteiger charge is 2.30. The third-order valence-corrected chi connectivity index (χ3v) is 5.77. The molecule has 0 aliphatic heterocycles. The zero-order valence-corrected chi connectivity index (χ0v) is 13.8. The van der Waals surface area contributed by atoms with Crippen molar-refractivity contribution in [3.05, 3.63) is 32.8 Å². The molecule has 0 spiro atoms. The molecular weight excluding hydrogens is 301 g/mol. The first kappa shape index (κ1) is 15.4. The van der Waals surface area contributed by atoms with Gasteiger partial charge in [0.05, 0.1) is 15.1 Å². The zero-order chi connectivity index (χ0) is 14.2. The lowest BCUT2D eigenvalue weighted by atomic mass is 9.96. The first-order chi connectivity index (χ1) is 8.91. The number of nitrogens with one attached hydrogen (secondary N) is 1. The van der Waals surface area contributed by atoms with E-state index >= 15 is 0 Å². The van der Waals surface area contributed by atoms with Gasteiger partial charge in [0, 0.05) is 12.1 Å². The highest BCUT2D eigenvalue weighted by Crippen LogP contribution is 2.37. The summed E-state index contributed by atoms with van der Waals surface area (Å²) in [5, 5.41) is 5.19. The Labute approximate surface area is 130 Å². The van der Waals surface area contributed by atoms with Crippen molar-refractivity contribution >= 4 is 34.8 Å². The van der Waals surface area contributed by atoms with Gasteiger partial charge in [0.2, 0.25) is 0 Å². The highest BCUT2D eigenvalue weighted by atomic mass is 35.5. The largest absolute Gasteiger partial charge is 0.307 e. The highest BCUT2D eigenvalue weighted by molar-refractivity contribution is 6.48. The Bertz CT molecular complexity index is 461. The van der Waals surface area contributed by atoms with Crippen molar-refractivity contribution in [1.29, 1.82) is 0 Å². The Morgan fingerprint density at radius 3 is 2.37 bits per heavy atom. The van der Waals surface area contributed by atoms with E-state index in [1.165, 1.54) is 12.8 Å². The Hall–Kier alpha value is 0.0500. The second kappa shape index (κ2) is 6.22. The quantitative estimate of drug-likeness (QED) is 0.701. The molecule has 1 N–H and O–H groups in total. The van der Waals surface area contributed by atoms with Gasteiger partial charge in [0.25, 0.3) is 0 Å². The number of hydrogen-bond acceptors (Lipinski definition) is 1. The van der Waals surface area contributed by atoms with Crippen LogP contribution in [0.4, 0.5) is 0 Å². The van der Waals surface area contributed by atoms with Gasteiger partial charge in [-0.2, -0.15) is 0 Å². The summed E-state index contributed by atoms with van der Waals surface area (Å²) in [5.41, 5.74) is 1.02. The molecule has 4 heteroatoms. The second-order valence-electron chi connectivity index (χ2n) is 5.67. The number of hydrogen-bond donors (Lipinski definition) is 1. The average Bonchev–Trinajstić information content (AvgIpc) is 2.68. The Morgan fingerprint density at radius 2 is 1.79 bits per heavy atom. The van der Waals surface area contributed by atoms with Gasteiger partial charge in [0.1, 0.15) is 0 Å². The lowest BCUT2D eigenvalue weighted by Gasteiger charge is -2.25. The van der Waals surface area contributed by atoms with E-state index in [-0.39, 0.29) is 6.04 Å². The molecule has 0 saturated heterocycles. The van der Waals surface area contributed by atoms with Gasteiger partial charge >= 0.3 is 0 Å². The molecule has 4 atom stereocenters. The van der Waals surface area contributed by atoms with E-state index in [1.807, 2.05) is 12.1 Å². The molecular formula is C15H20Cl3N. The van der Waals surface area contributed by atoms with Gasteiger partial charge < -0.3 is 5.32 Å². The molecule has 106 valence electrons. The predicted molar refractivity (Wildman–Crippen MR) is 84.4 cm³/mol. The van der Waals surface area contributed by atoms with Crippen molar-refractivity contribution < 1.29 is 0 Å². The van der Waals surface area contributed by atoms with Crippen LogP contribution in [0.2, 0.25) is 15.1 Å². The van der Waals surface area contributed by atoms with E-state index in [1.54, 1.807) is 0 Å². The van der Waals surface area contributed by atoms with Crippen molar-refractivity contribution in [2.75, 3.05) is 0 Å². The van der Waals surface area contributed by atoms with Crippen molar-refractivity contribution in [1.82, 2.24) is 5.32 Å². The molecule has 4 unspecified atom stereocenters. The van der Waals surface area contributed by atoms with E-state index in [0.29, 0.717) is 27.0 Å². The number of benzene rings is 1. The SMILES string of the molecule is CC(NC1CCC(C)C1C)c1ccc(Cl)c(Cl)c1Cl.